The van der Waals surface area contributed by atoms with E-state index in [0.717, 1.165) is 54.2 Å². The fourth-order valence-corrected chi connectivity index (χ4v) is 5.76. The van der Waals surface area contributed by atoms with Gasteiger partial charge in [0.1, 0.15) is 17.8 Å². The van der Waals surface area contributed by atoms with Gasteiger partial charge >= 0.3 is 0 Å². The van der Waals surface area contributed by atoms with E-state index in [1.54, 1.807) is 19.9 Å². The third-order valence-corrected chi connectivity index (χ3v) is 7.84. The highest BCUT2D eigenvalue weighted by Crippen LogP contribution is 2.42. The number of hydrogen-bond donors (Lipinski definition) is 3. The summed E-state index contributed by atoms with van der Waals surface area (Å²) in [5, 5.41) is 15.3. The maximum atomic E-state index is 14.5. The van der Waals surface area contributed by atoms with Gasteiger partial charge in [-0.05, 0) is 88.0 Å². The predicted octanol–water partition coefficient (Wildman–Crippen LogP) is 5.22. The summed E-state index contributed by atoms with van der Waals surface area (Å²) in [6, 6.07) is 9.64. The quantitative estimate of drug-likeness (QED) is 0.261. The van der Waals surface area contributed by atoms with Crippen molar-refractivity contribution in [3.8, 4) is 0 Å². The molecule has 6 rings (SSSR count). The van der Waals surface area contributed by atoms with Crippen LogP contribution in [0.25, 0.3) is 21.9 Å². The number of halogens is 1. The number of anilines is 2. The molecular weight excluding hydrogens is 483 g/mol. The predicted molar refractivity (Wildman–Crippen MR) is 146 cm³/mol. The molecule has 1 aromatic carbocycles. The van der Waals surface area contributed by atoms with Crippen LogP contribution in [0.4, 0.5) is 16.0 Å². The maximum Gasteiger partial charge on any atom is 0.166 e. The normalized spacial score (nSPS) is 21.9. The molecule has 3 unspecified atom stereocenters. The van der Waals surface area contributed by atoms with Crippen molar-refractivity contribution in [2.75, 3.05) is 17.6 Å². The van der Waals surface area contributed by atoms with Crippen molar-refractivity contribution < 1.29 is 14.2 Å². The lowest BCUT2D eigenvalue weighted by molar-refractivity contribution is -0.210. The van der Waals surface area contributed by atoms with E-state index in [9.17, 15) is 9.50 Å². The molecule has 200 valence electrons. The van der Waals surface area contributed by atoms with Gasteiger partial charge in [0.05, 0.1) is 23.0 Å². The number of aryl methyl sites for hydroxylation is 1. The van der Waals surface area contributed by atoms with E-state index < -0.39 is 5.79 Å². The van der Waals surface area contributed by atoms with Gasteiger partial charge < -0.3 is 25.5 Å². The van der Waals surface area contributed by atoms with E-state index in [4.69, 9.17) is 10.5 Å². The smallest absolute Gasteiger partial charge is 0.166 e. The molecule has 0 aliphatic heterocycles. The minimum absolute atomic E-state index is 0.0274. The van der Waals surface area contributed by atoms with Crippen molar-refractivity contribution in [2.24, 2.45) is 11.8 Å². The van der Waals surface area contributed by atoms with Crippen molar-refractivity contribution in [3.05, 3.63) is 54.2 Å². The molecule has 4 aromatic rings. The topological polar surface area (TPSA) is 111 Å². The van der Waals surface area contributed by atoms with Crippen molar-refractivity contribution >= 4 is 33.6 Å². The van der Waals surface area contributed by atoms with Crippen LogP contribution in [0.3, 0.4) is 0 Å². The van der Waals surface area contributed by atoms with Gasteiger partial charge in [-0.3, -0.25) is 0 Å². The van der Waals surface area contributed by atoms with Gasteiger partial charge in [-0.15, -0.1) is 0 Å². The van der Waals surface area contributed by atoms with Crippen molar-refractivity contribution in [1.82, 2.24) is 19.5 Å². The molecule has 2 aliphatic carbocycles. The van der Waals surface area contributed by atoms with Gasteiger partial charge in [-0.1, -0.05) is 12.1 Å². The van der Waals surface area contributed by atoms with Gasteiger partial charge in [-0.2, -0.15) is 0 Å². The molecule has 0 bridgehead atoms. The zero-order valence-electron chi connectivity index (χ0n) is 21.9. The fourth-order valence-electron chi connectivity index (χ4n) is 5.76. The third kappa shape index (κ3) is 5.31. The highest BCUT2D eigenvalue weighted by Gasteiger charge is 2.39. The molecule has 3 atom stereocenters. The number of aliphatic hydroxyl groups is 1. The standard InChI is InChI=1S/C29H35FN6O2/c1-29(2,37)38-25-13-19(12-24(25)36-10-9-21-26(31)33-16-34-28(21)36)6-3-17-7-8-20-14-22(30)27(35-23(20)11-17)32-15-18-4-5-18/h7-11,14,16,18-19,24-25,37H,3-6,12-13,15H2,1-2H3,(H,32,35)(H2,31,33,34). The number of benzene rings is 1. The average Bonchev–Trinajstić information content (AvgIpc) is 3.47. The summed E-state index contributed by atoms with van der Waals surface area (Å²) < 4.78 is 22.7. The number of nitrogens with two attached hydrogens (primary N) is 1. The summed E-state index contributed by atoms with van der Waals surface area (Å²) in [6.45, 7) is 4.12. The molecule has 3 aromatic heterocycles. The summed E-state index contributed by atoms with van der Waals surface area (Å²) in [4.78, 5) is 13.2. The first-order chi connectivity index (χ1) is 18.2. The van der Waals surface area contributed by atoms with Crippen LogP contribution in [0.15, 0.2) is 42.9 Å². The van der Waals surface area contributed by atoms with Crippen LogP contribution in [-0.2, 0) is 11.2 Å². The van der Waals surface area contributed by atoms with Crippen LogP contribution in [0.2, 0.25) is 0 Å². The minimum atomic E-state index is -1.24. The highest BCUT2D eigenvalue weighted by molar-refractivity contribution is 5.86. The Morgan fingerprint density at radius 3 is 2.79 bits per heavy atom. The molecular formula is C29H35FN6O2. The van der Waals surface area contributed by atoms with E-state index in [0.29, 0.717) is 23.5 Å². The van der Waals surface area contributed by atoms with Crippen LogP contribution >= 0.6 is 0 Å². The van der Waals surface area contributed by atoms with Gasteiger partial charge in [0.25, 0.3) is 0 Å². The zero-order valence-corrected chi connectivity index (χ0v) is 21.9. The van der Waals surface area contributed by atoms with Crippen LogP contribution in [-0.4, -0.2) is 43.1 Å². The first kappa shape index (κ1) is 25.0. The Bertz CT molecular complexity index is 1460. The first-order valence-electron chi connectivity index (χ1n) is 13.5. The van der Waals surface area contributed by atoms with E-state index in [-0.39, 0.29) is 18.0 Å². The third-order valence-electron chi connectivity index (χ3n) is 7.84. The van der Waals surface area contributed by atoms with Crippen molar-refractivity contribution in [1.29, 1.82) is 0 Å². The minimum Gasteiger partial charge on any atom is -0.383 e. The molecule has 3 heterocycles. The summed E-state index contributed by atoms with van der Waals surface area (Å²) in [5.74, 6) is 0.308. The lowest BCUT2D eigenvalue weighted by Crippen LogP contribution is -2.33. The summed E-state index contributed by atoms with van der Waals surface area (Å²) in [6.07, 6.45) is 9.32. The number of rotatable bonds is 9. The average molecular weight is 519 g/mol. The van der Waals surface area contributed by atoms with Gasteiger partial charge in [0.15, 0.2) is 17.4 Å². The Morgan fingerprint density at radius 1 is 1.16 bits per heavy atom. The molecule has 8 nitrogen and oxygen atoms in total. The van der Waals surface area contributed by atoms with Gasteiger partial charge in [0.2, 0.25) is 0 Å². The van der Waals surface area contributed by atoms with Crippen molar-refractivity contribution in [2.45, 2.75) is 70.3 Å². The molecule has 0 amide bonds. The second-order valence-corrected chi connectivity index (χ2v) is 11.4. The molecule has 2 aliphatic rings. The highest BCUT2D eigenvalue weighted by atomic mass is 19.1. The number of pyridine rings is 1. The van der Waals surface area contributed by atoms with Gasteiger partial charge in [-0.25, -0.2) is 19.3 Å². The molecule has 2 saturated carbocycles. The fraction of sp³-hybridized carbons (Fsp3) is 0.483. The molecule has 0 radical (unpaired) electrons. The number of nitrogens with zero attached hydrogens (tertiary/aromatic N) is 4. The van der Waals surface area contributed by atoms with Crippen LogP contribution in [0.5, 0.6) is 0 Å². The van der Waals surface area contributed by atoms with Crippen LogP contribution in [0, 0.1) is 17.7 Å². The second kappa shape index (κ2) is 9.78. The van der Waals surface area contributed by atoms with Crippen LogP contribution < -0.4 is 11.1 Å². The number of fused-ring (bicyclic) bond motifs is 2. The lowest BCUT2D eigenvalue weighted by atomic mass is 9.97. The van der Waals surface area contributed by atoms with E-state index in [1.807, 2.05) is 18.3 Å². The van der Waals surface area contributed by atoms with Crippen molar-refractivity contribution in [3.63, 3.8) is 0 Å². The Labute approximate surface area is 221 Å². The van der Waals surface area contributed by atoms with E-state index in [2.05, 4.69) is 37.0 Å². The zero-order chi connectivity index (χ0) is 26.4. The maximum absolute atomic E-state index is 14.5. The molecule has 2 fully saturated rings. The molecule has 4 N–H and O–H groups in total. The number of ether oxygens (including phenoxy) is 1. The molecule has 9 heteroatoms. The van der Waals surface area contributed by atoms with E-state index in [1.165, 1.54) is 24.7 Å². The molecule has 38 heavy (non-hydrogen) atoms. The largest absolute Gasteiger partial charge is 0.383 e. The van der Waals surface area contributed by atoms with Crippen LogP contribution in [0.1, 0.15) is 57.6 Å². The van der Waals surface area contributed by atoms with E-state index >= 15 is 0 Å². The SMILES string of the molecule is CC(C)(O)OC1CC(CCc2ccc3cc(F)c(NCC4CC4)nc3c2)CC1n1ccc2c(N)ncnc21. The molecule has 0 spiro atoms. The summed E-state index contributed by atoms with van der Waals surface area (Å²) >= 11 is 0. The monoisotopic (exact) mass is 518 g/mol. The number of nitrogens with one attached hydrogen (secondary N) is 1. The number of aromatic nitrogens is 4. The summed E-state index contributed by atoms with van der Waals surface area (Å²) in [5.41, 5.74) is 8.84. The Balaban J connectivity index is 1.18. The number of hydrogen-bond acceptors (Lipinski definition) is 7. The number of nitrogen functional groups attached to an aromatic ring is 1. The summed E-state index contributed by atoms with van der Waals surface area (Å²) in [7, 11) is 0. The second-order valence-electron chi connectivity index (χ2n) is 11.4. The molecule has 0 saturated heterocycles. The lowest BCUT2D eigenvalue weighted by Gasteiger charge is -2.28. The Kier molecular flexibility index (Phi) is 6.44. The Hall–Kier alpha value is -3.30. The Morgan fingerprint density at radius 2 is 2.00 bits per heavy atom. The first-order valence-corrected chi connectivity index (χ1v) is 13.5. The van der Waals surface area contributed by atoms with Gasteiger partial charge in [0, 0.05) is 18.1 Å².